The Balaban J connectivity index is 2.01. The highest BCUT2D eigenvalue weighted by molar-refractivity contribution is 6.14. The summed E-state index contributed by atoms with van der Waals surface area (Å²) in [6.45, 7) is 5.33. The number of benzene rings is 2. The van der Waals surface area contributed by atoms with Crippen LogP contribution in [-0.4, -0.2) is 42.8 Å². The summed E-state index contributed by atoms with van der Waals surface area (Å²) in [7, 11) is 0. The van der Waals surface area contributed by atoms with E-state index in [-0.39, 0.29) is 22.8 Å². The number of hydrogen-bond acceptors (Lipinski definition) is 5. The van der Waals surface area contributed by atoms with Crippen LogP contribution in [0, 0.1) is 6.92 Å². The van der Waals surface area contributed by atoms with E-state index in [9.17, 15) is 19.2 Å². The van der Waals surface area contributed by atoms with E-state index in [0.717, 1.165) is 12.0 Å². The predicted octanol–water partition coefficient (Wildman–Crippen LogP) is 2.41. The Morgan fingerprint density at radius 1 is 0.967 bits per heavy atom. The van der Waals surface area contributed by atoms with Crippen molar-refractivity contribution in [3.05, 3.63) is 70.8 Å². The quantitative estimate of drug-likeness (QED) is 0.488. The number of carbonyl (C=O) groups excluding carboxylic acids is 4. The molecule has 0 aliphatic heterocycles. The normalized spacial score (nSPS) is 11.3. The molecule has 0 fully saturated rings. The molecule has 0 unspecified atom stereocenters. The fourth-order valence-corrected chi connectivity index (χ4v) is 2.68. The van der Waals surface area contributed by atoms with Crippen molar-refractivity contribution in [3.63, 3.8) is 0 Å². The van der Waals surface area contributed by atoms with Crippen molar-refractivity contribution >= 4 is 23.6 Å². The first-order valence-corrected chi connectivity index (χ1v) is 9.78. The molecule has 0 saturated carbocycles. The number of hydrogen-bond donors (Lipinski definition) is 2. The molecule has 30 heavy (non-hydrogen) atoms. The number of aryl methyl sites for hydroxylation is 1. The van der Waals surface area contributed by atoms with Crippen LogP contribution < -0.4 is 10.6 Å². The average Bonchev–Trinajstić information content (AvgIpc) is 2.75. The lowest BCUT2D eigenvalue weighted by atomic mass is 9.98. The van der Waals surface area contributed by atoms with Crippen LogP contribution in [0.25, 0.3) is 0 Å². The molecular formula is C23H26N2O5. The van der Waals surface area contributed by atoms with Gasteiger partial charge in [-0.2, -0.15) is 0 Å². The van der Waals surface area contributed by atoms with Crippen molar-refractivity contribution in [2.45, 2.75) is 33.2 Å². The van der Waals surface area contributed by atoms with Gasteiger partial charge in [-0.1, -0.05) is 55.0 Å². The number of nitrogens with one attached hydrogen (secondary N) is 2. The third-order valence-electron chi connectivity index (χ3n) is 4.36. The van der Waals surface area contributed by atoms with Gasteiger partial charge >= 0.3 is 5.97 Å². The Morgan fingerprint density at radius 3 is 2.23 bits per heavy atom. The monoisotopic (exact) mass is 410 g/mol. The van der Waals surface area contributed by atoms with E-state index in [0.29, 0.717) is 12.1 Å². The maximum atomic E-state index is 12.8. The molecule has 2 rings (SSSR count). The van der Waals surface area contributed by atoms with E-state index >= 15 is 0 Å². The molecule has 0 radical (unpaired) electrons. The summed E-state index contributed by atoms with van der Waals surface area (Å²) in [5, 5.41) is 5.14. The first kappa shape index (κ1) is 22.8. The summed E-state index contributed by atoms with van der Waals surface area (Å²) in [6.07, 6.45) is 0.782. The predicted molar refractivity (Wildman–Crippen MR) is 112 cm³/mol. The molecule has 7 nitrogen and oxygen atoms in total. The third-order valence-corrected chi connectivity index (χ3v) is 4.36. The number of esters is 1. The second-order valence-corrected chi connectivity index (χ2v) is 6.90. The highest BCUT2D eigenvalue weighted by atomic mass is 16.5. The molecule has 1 atom stereocenters. The molecule has 7 heteroatoms. The van der Waals surface area contributed by atoms with Crippen molar-refractivity contribution in [1.29, 1.82) is 0 Å². The number of amides is 2. The van der Waals surface area contributed by atoms with Crippen LogP contribution in [0.4, 0.5) is 0 Å². The maximum absolute atomic E-state index is 12.8. The van der Waals surface area contributed by atoms with E-state index in [1.807, 2.05) is 26.0 Å². The molecule has 2 aromatic rings. The van der Waals surface area contributed by atoms with Crippen LogP contribution in [0.1, 0.15) is 52.1 Å². The second kappa shape index (κ2) is 10.9. The van der Waals surface area contributed by atoms with Gasteiger partial charge in [0.1, 0.15) is 6.04 Å². The summed E-state index contributed by atoms with van der Waals surface area (Å²) in [6, 6.07) is 12.5. The van der Waals surface area contributed by atoms with Crippen LogP contribution in [0.5, 0.6) is 0 Å². The SMILES string of the molecule is CCCNC(=O)[C@@H](C)NC(=O)COC(=O)c1ccccc1C(=O)c1ccc(C)cc1. The minimum absolute atomic E-state index is 0.0737. The van der Waals surface area contributed by atoms with Crippen LogP contribution in [-0.2, 0) is 14.3 Å². The minimum Gasteiger partial charge on any atom is -0.452 e. The molecule has 0 saturated heterocycles. The van der Waals surface area contributed by atoms with Gasteiger partial charge < -0.3 is 15.4 Å². The number of rotatable bonds is 9. The molecule has 0 aromatic heterocycles. The fourth-order valence-electron chi connectivity index (χ4n) is 2.68. The Hall–Kier alpha value is -3.48. The largest absolute Gasteiger partial charge is 0.452 e. The summed E-state index contributed by atoms with van der Waals surface area (Å²) >= 11 is 0. The Kier molecular flexibility index (Phi) is 8.29. The molecule has 0 aliphatic rings. The van der Waals surface area contributed by atoms with Gasteiger partial charge in [0.15, 0.2) is 12.4 Å². The zero-order valence-electron chi connectivity index (χ0n) is 17.4. The summed E-state index contributed by atoms with van der Waals surface area (Å²) in [5.41, 5.74) is 1.73. The van der Waals surface area contributed by atoms with Gasteiger partial charge in [0.2, 0.25) is 5.91 Å². The molecule has 0 heterocycles. The number of ether oxygens (including phenoxy) is 1. The van der Waals surface area contributed by atoms with E-state index in [4.69, 9.17) is 4.74 Å². The van der Waals surface area contributed by atoms with Gasteiger partial charge in [-0.05, 0) is 26.3 Å². The molecule has 0 spiro atoms. The molecule has 2 amide bonds. The van der Waals surface area contributed by atoms with Crippen molar-refractivity contribution in [2.24, 2.45) is 0 Å². The molecule has 2 aromatic carbocycles. The van der Waals surface area contributed by atoms with Crippen molar-refractivity contribution in [2.75, 3.05) is 13.2 Å². The van der Waals surface area contributed by atoms with E-state index in [2.05, 4.69) is 10.6 Å². The smallest absolute Gasteiger partial charge is 0.339 e. The summed E-state index contributed by atoms with van der Waals surface area (Å²) in [4.78, 5) is 49.1. The average molecular weight is 410 g/mol. The van der Waals surface area contributed by atoms with Gasteiger partial charge in [0.25, 0.3) is 5.91 Å². The Labute approximate surface area is 175 Å². The fraction of sp³-hybridized carbons (Fsp3) is 0.304. The van der Waals surface area contributed by atoms with Crippen LogP contribution in [0.2, 0.25) is 0 Å². The standard InChI is InChI=1S/C23H26N2O5/c1-4-13-24-22(28)16(3)25-20(26)14-30-23(29)19-8-6-5-7-18(19)21(27)17-11-9-15(2)10-12-17/h5-12,16H,4,13-14H2,1-3H3,(H,24,28)(H,25,26)/t16-/m1/s1. The number of ketones is 1. The topological polar surface area (TPSA) is 102 Å². The van der Waals surface area contributed by atoms with Crippen LogP contribution >= 0.6 is 0 Å². The highest BCUT2D eigenvalue weighted by Crippen LogP contribution is 2.16. The molecule has 0 aliphatic carbocycles. The van der Waals surface area contributed by atoms with Gasteiger partial charge in [-0.15, -0.1) is 0 Å². The lowest BCUT2D eigenvalue weighted by Gasteiger charge is -2.14. The zero-order chi connectivity index (χ0) is 22.1. The first-order valence-electron chi connectivity index (χ1n) is 9.78. The highest BCUT2D eigenvalue weighted by Gasteiger charge is 2.21. The minimum atomic E-state index is -0.788. The van der Waals surface area contributed by atoms with Gasteiger partial charge in [0.05, 0.1) is 5.56 Å². The van der Waals surface area contributed by atoms with Gasteiger partial charge in [-0.25, -0.2) is 4.79 Å². The lowest BCUT2D eigenvalue weighted by molar-refractivity contribution is -0.130. The third kappa shape index (κ3) is 6.27. The van der Waals surface area contributed by atoms with Crippen molar-refractivity contribution < 1.29 is 23.9 Å². The lowest BCUT2D eigenvalue weighted by Crippen LogP contribution is -2.46. The Morgan fingerprint density at radius 2 is 1.60 bits per heavy atom. The Bertz CT molecular complexity index is 921. The molecule has 158 valence electrons. The van der Waals surface area contributed by atoms with Crippen molar-refractivity contribution in [1.82, 2.24) is 10.6 Å². The summed E-state index contributed by atoms with van der Waals surface area (Å²) < 4.78 is 5.06. The molecule has 0 bridgehead atoms. The molecule has 2 N–H and O–H groups in total. The number of carbonyl (C=O) groups is 4. The van der Waals surface area contributed by atoms with Crippen LogP contribution in [0.3, 0.4) is 0 Å². The van der Waals surface area contributed by atoms with E-state index in [1.54, 1.807) is 37.3 Å². The summed E-state index contributed by atoms with van der Waals surface area (Å²) in [5.74, 6) is -2.02. The molecular weight excluding hydrogens is 384 g/mol. The maximum Gasteiger partial charge on any atom is 0.339 e. The zero-order valence-corrected chi connectivity index (χ0v) is 17.4. The van der Waals surface area contributed by atoms with E-state index in [1.165, 1.54) is 6.07 Å². The van der Waals surface area contributed by atoms with Gasteiger partial charge in [0, 0.05) is 17.7 Å². The van der Waals surface area contributed by atoms with Crippen LogP contribution in [0.15, 0.2) is 48.5 Å². The van der Waals surface area contributed by atoms with Crippen molar-refractivity contribution in [3.8, 4) is 0 Å². The van der Waals surface area contributed by atoms with Gasteiger partial charge in [-0.3, -0.25) is 14.4 Å². The van der Waals surface area contributed by atoms with E-state index < -0.39 is 24.5 Å². The first-order chi connectivity index (χ1) is 14.3. The second-order valence-electron chi connectivity index (χ2n) is 6.90.